The van der Waals surface area contributed by atoms with Crippen LogP contribution in [0.4, 0.5) is 5.95 Å². The number of anilines is 1. The van der Waals surface area contributed by atoms with E-state index >= 15 is 0 Å². The molecule has 0 saturated carbocycles. The Morgan fingerprint density at radius 2 is 2.16 bits per heavy atom. The SMILES string of the molecule is CCCOc1cc(C)nc(NC(CCC)C(=O)O)n1. The third-order valence-electron chi connectivity index (χ3n) is 2.46. The first-order valence-electron chi connectivity index (χ1n) is 6.54. The molecule has 19 heavy (non-hydrogen) atoms. The summed E-state index contributed by atoms with van der Waals surface area (Å²) in [5.41, 5.74) is 0.740. The molecule has 0 amide bonds. The average Bonchev–Trinajstić information content (AvgIpc) is 2.35. The van der Waals surface area contributed by atoms with E-state index in [1.54, 1.807) is 6.07 Å². The second kappa shape index (κ2) is 7.56. The Labute approximate surface area is 113 Å². The predicted molar refractivity (Wildman–Crippen MR) is 72.5 cm³/mol. The van der Waals surface area contributed by atoms with E-state index < -0.39 is 12.0 Å². The maximum atomic E-state index is 11.1. The van der Waals surface area contributed by atoms with Crippen LogP contribution in [0.3, 0.4) is 0 Å². The lowest BCUT2D eigenvalue weighted by atomic mass is 10.2. The van der Waals surface area contributed by atoms with E-state index in [0.29, 0.717) is 24.9 Å². The molecule has 0 aromatic carbocycles. The Kier molecular flexibility index (Phi) is 6.05. The van der Waals surface area contributed by atoms with E-state index in [9.17, 15) is 4.79 Å². The highest BCUT2D eigenvalue weighted by atomic mass is 16.5. The summed E-state index contributed by atoms with van der Waals surface area (Å²) in [7, 11) is 0. The molecule has 1 heterocycles. The predicted octanol–water partition coefficient (Wildman–Crippen LogP) is 2.24. The number of nitrogens with one attached hydrogen (secondary N) is 1. The first-order valence-corrected chi connectivity index (χ1v) is 6.54. The number of aliphatic carboxylic acids is 1. The number of rotatable bonds is 8. The quantitative estimate of drug-likeness (QED) is 0.751. The normalized spacial score (nSPS) is 11.9. The molecule has 1 aromatic rings. The average molecular weight is 267 g/mol. The number of aryl methyl sites for hydroxylation is 1. The summed E-state index contributed by atoms with van der Waals surface area (Å²) in [6.45, 7) is 6.34. The van der Waals surface area contributed by atoms with Gasteiger partial charge in [0.2, 0.25) is 11.8 Å². The molecule has 6 heteroatoms. The first kappa shape index (κ1) is 15.2. The molecule has 0 spiro atoms. The van der Waals surface area contributed by atoms with Gasteiger partial charge in [0.1, 0.15) is 6.04 Å². The molecule has 0 aliphatic rings. The summed E-state index contributed by atoms with van der Waals surface area (Å²) >= 11 is 0. The zero-order chi connectivity index (χ0) is 14.3. The van der Waals surface area contributed by atoms with Crippen molar-refractivity contribution in [3.63, 3.8) is 0 Å². The minimum absolute atomic E-state index is 0.298. The minimum atomic E-state index is -0.900. The second-order valence-electron chi connectivity index (χ2n) is 4.34. The van der Waals surface area contributed by atoms with Crippen molar-refractivity contribution in [3.8, 4) is 5.88 Å². The van der Waals surface area contributed by atoms with Crippen molar-refractivity contribution in [2.45, 2.75) is 46.1 Å². The van der Waals surface area contributed by atoms with Gasteiger partial charge >= 0.3 is 5.97 Å². The number of carboxylic acids is 1. The molecule has 0 aliphatic heterocycles. The van der Waals surface area contributed by atoms with Gasteiger partial charge < -0.3 is 15.2 Å². The Bertz CT molecular complexity index is 424. The molecular weight excluding hydrogens is 246 g/mol. The number of hydrogen-bond donors (Lipinski definition) is 2. The molecule has 1 atom stereocenters. The largest absolute Gasteiger partial charge is 0.480 e. The van der Waals surface area contributed by atoms with E-state index in [1.807, 2.05) is 20.8 Å². The maximum Gasteiger partial charge on any atom is 0.326 e. The summed E-state index contributed by atoms with van der Waals surface area (Å²) < 4.78 is 5.44. The monoisotopic (exact) mass is 267 g/mol. The van der Waals surface area contributed by atoms with Crippen LogP contribution in [0.5, 0.6) is 5.88 Å². The lowest BCUT2D eigenvalue weighted by Gasteiger charge is -2.14. The molecule has 2 N–H and O–H groups in total. The number of carbonyl (C=O) groups is 1. The van der Waals surface area contributed by atoms with Crippen LogP contribution in [0.1, 0.15) is 38.8 Å². The number of ether oxygens (including phenoxy) is 1. The molecule has 0 aliphatic carbocycles. The summed E-state index contributed by atoms with van der Waals surface area (Å²) in [6, 6.07) is 1.06. The summed E-state index contributed by atoms with van der Waals surface area (Å²) in [5, 5.41) is 11.9. The zero-order valence-corrected chi connectivity index (χ0v) is 11.6. The van der Waals surface area contributed by atoms with Gasteiger partial charge in [-0.2, -0.15) is 4.98 Å². The van der Waals surface area contributed by atoms with Gasteiger partial charge in [-0.3, -0.25) is 0 Å². The van der Waals surface area contributed by atoms with Crippen LogP contribution >= 0.6 is 0 Å². The smallest absolute Gasteiger partial charge is 0.326 e. The van der Waals surface area contributed by atoms with Gasteiger partial charge in [0.05, 0.1) is 6.61 Å². The van der Waals surface area contributed by atoms with Crippen molar-refractivity contribution >= 4 is 11.9 Å². The van der Waals surface area contributed by atoms with Gasteiger partial charge in [-0.05, 0) is 19.8 Å². The fraction of sp³-hybridized carbons (Fsp3) is 0.615. The maximum absolute atomic E-state index is 11.1. The topological polar surface area (TPSA) is 84.3 Å². The molecule has 106 valence electrons. The summed E-state index contributed by atoms with van der Waals surface area (Å²) in [5.74, 6) is -0.132. The van der Waals surface area contributed by atoms with Gasteiger partial charge in [-0.25, -0.2) is 9.78 Å². The Balaban J connectivity index is 2.81. The molecule has 1 rings (SSSR count). The Morgan fingerprint density at radius 1 is 1.42 bits per heavy atom. The highest BCUT2D eigenvalue weighted by Gasteiger charge is 2.17. The minimum Gasteiger partial charge on any atom is -0.480 e. The van der Waals surface area contributed by atoms with Gasteiger partial charge in [0.25, 0.3) is 0 Å². The van der Waals surface area contributed by atoms with Crippen LogP contribution in [-0.4, -0.2) is 33.7 Å². The van der Waals surface area contributed by atoms with Gasteiger partial charge in [-0.15, -0.1) is 0 Å². The lowest BCUT2D eigenvalue weighted by molar-refractivity contribution is -0.138. The van der Waals surface area contributed by atoms with Crippen molar-refractivity contribution in [1.29, 1.82) is 0 Å². The molecular formula is C13H21N3O3. The highest BCUT2D eigenvalue weighted by Crippen LogP contribution is 2.14. The van der Waals surface area contributed by atoms with Crippen molar-refractivity contribution in [1.82, 2.24) is 9.97 Å². The Morgan fingerprint density at radius 3 is 2.74 bits per heavy atom. The Hall–Kier alpha value is -1.85. The number of nitrogens with zero attached hydrogens (tertiary/aromatic N) is 2. The van der Waals surface area contributed by atoms with Crippen LogP contribution in [0.25, 0.3) is 0 Å². The second-order valence-corrected chi connectivity index (χ2v) is 4.34. The summed E-state index contributed by atoms with van der Waals surface area (Å²) in [4.78, 5) is 19.4. The van der Waals surface area contributed by atoms with E-state index in [2.05, 4.69) is 15.3 Å². The zero-order valence-electron chi connectivity index (χ0n) is 11.6. The van der Waals surface area contributed by atoms with E-state index in [0.717, 1.165) is 18.5 Å². The standard InChI is InChI=1S/C13H21N3O3/c1-4-6-10(12(17)18)15-13-14-9(3)8-11(16-13)19-7-5-2/h8,10H,4-7H2,1-3H3,(H,17,18)(H,14,15,16). The number of hydrogen-bond acceptors (Lipinski definition) is 5. The van der Waals surface area contributed by atoms with Crippen LogP contribution in [-0.2, 0) is 4.79 Å². The van der Waals surface area contributed by atoms with Gasteiger partial charge in [0, 0.05) is 11.8 Å². The number of aromatic nitrogens is 2. The van der Waals surface area contributed by atoms with Crippen LogP contribution in [0.15, 0.2) is 6.07 Å². The number of carboxylic acid groups (broad SMARTS) is 1. The third kappa shape index (κ3) is 5.11. The molecule has 0 saturated heterocycles. The molecule has 0 bridgehead atoms. The third-order valence-corrected chi connectivity index (χ3v) is 2.46. The van der Waals surface area contributed by atoms with Gasteiger partial charge in [-0.1, -0.05) is 20.3 Å². The molecule has 6 nitrogen and oxygen atoms in total. The van der Waals surface area contributed by atoms with Gasteiger partial charge in [0.15, 0.2) is 0 Å². The van der Waals surface area contributed by atoms with E-state index in [1.165, 1.54) is 0 Å². The van der Waals surface area contributed by atoms with Crippen molar-refractivity contribution in [2.24, 2.45) is 0 Å². The fourth-order valence-corrected chi connectivity index (χ4v) is 1.59. The fourth-order valence-electron chi connectivity index (χ4n) is 1.59. The molecule has 0 radical (unpaired) electrons. The lowest BCUT2D eigenvalue weighted by Crippen LogP contribution is -2.30. The van der Waals surface area contributed by atoms with Crippen molar-refractivity contribution in [2.75, 3.05) is 11.9 Å². The molecule has 0 fully saturated rings. The highest BCUT2D eigenvalue weighted by molar-refractivity contribution is 5.76. The summed E-state index contributed by atoms with van der Waals surface area (Å²) in [6.07, 6.45) is 2.19. The van der Waals surface area contributed by atoms with Crippen LogP contribution < -0.4 is 10.1 Å². The van der Waals surface area contributed by atoms with E-state index in [4.69, 9.17) is 9.84 Å². The van der Waals surface area contributed by atoms with E-state index in [-0.39, 0.29) is 0 Å². The molecule has 1 unspecified atom stereocenters. The van der Waals surface area contributed by atoms with Crippen LogP contribution in [0.2, 0.25) is 0 Å². The van der Waals surface area contributed by atoms with Crippen molar-refractivity contribution in [3.05, 3.63) is 11.8 Å². The first-order chi connectivity index (χ1) is 9.06. The van der Waals surface area contributed by atoms with Crippen molar-refractivity contribution < 1.29 is 14.6 Å². The molecule has 1 aromatic heterocycles. The van der Waals surface area contributed by atoms with Crippen LogP contribution in [0, 0.1) is 6.92 Å².